The van der Waals surface area contributed by atoms with E-state index in [1.807, 2.05) is 0 Å². The van der Waals surface area contributed by atoms with Crippen molar-refractivity contribution in [2.24, 2.45) is 0 Å². The average Bonchev–Trinajstić information content (AvgIpc) is 2.00. The molecule has 0 N–H and O–H groups in total. The summed E-state index contributed by atoms with van der Waals surface area (Å²) >= 11 is 0. The molecule has 0 fully saturated rings. The van der Waals surface area contributed by atoms with Crippen LogP contribution in [0, 0.1) is 0 Å². The highest BCUT2D eigenvalue weighted by Gasteiger charge is 2.38. The fraction of sp³-hybridized carbons (Fsp3) is 1.00. The molecular formula is C6H17O3Si2. The Bertz CT molecular complexity index is 95.7. The van der Waals surface area contributed by atoms with Crippen molar-refractivity contribution in [3.63, 3.8) is 0 Å². The molecule has 0 rings (SSSR count). The van der Waals surface area contributed by atoms with Gasteiger partial charge in [-0.25, -0.2) is 0 Å². The zero-order valence-corrected chi connectivity index (χ0v) is 9.93. The quantitative estimate of drug-likeness (QED) is 0.613. The van der Waals surface area contributed by atoms with Crippen LogP contribution in [-0.2, 0) is 13.3 Å². The third kappa shape index (κ3) is 3.48. The van der Waals surface area contributed by atoms with Crippen LogP contribution in [0.25, 0.3) is 0 Å². The minimum absolute atomic E-state index is 0.340. The van der Waals surface area contributed by atoms with Crippen molar-refractivity contribution >= 4 is 17.6 Å². The second-order valence-electron chi connectivity index (χ2n) is 2.68. The van der Waals surface area contributed by atoms with Gasteiger partial charge in [-0.05, 0) is 0 Å². The van der Waals surface area contributed by atoms with Crippen molar-refractivity contribution < 1.29 is 13.3 Å². The Balaban J connectivity index is 4.05. The smallest absolute Gasteiger partial charge is 0.377 e. The summed E-state index contributed by atoms with van der Waals surface area (Å²) < 4.78 is 15.8. The summed E-state index contributed by atoms with van der Waals surface area (Å²) in [4.78, 5) is 0. The minimum atomic E-state index is -2.24. The molecule has 0 saturated carbocycles. The first kappa shape index (κ1) is 11.3. The van der Waals surface area contributed by atoms with Gasteiger partial charge in [0.1, 0.15) is 0 Å². The summed E-state index contributed by atoms with van der Waals surface area (Å²) in [7, 11) is 2.39. The second-order valence-corrected chi connectivity index (χ2v) is 9.10. The van der Waals surface area contributed by atoms with Crippen LogP contribution >= 0.6 is 0 Å². The molecule has 0 aromatic rings. The molecule has 1 radical (unpaired) electrons. The SMILES string of the molecule is CO[Si](C[Si](C)C)(OC)OC. The molecule has 0 unspecified atom stereocenters. The molecule has 0 saturated heterocycles. The Labute approximate surface area is 71.6 Å². The predicted octanol–water partition coefficient (Wildman–Crippen LogP) is 1.16. The van der Waals surface area contributed by atoms with Crippen molar-refractivity contribution in [1.82, 2.24) is 0 Å². The molecule has 0 aliphatic rings. The highest BCUT2D eigenvalue weighted by molar-refractivity contribution is 6.77. The number of hydrogen-bond acceptors (Lipinski definition) is 3. The van der Waals surface area contributed by atoms with E-state index in [1.165, 1.54) is 0 Å². The molecule has 0 aliphatic heterocycles. The first-order valence-electron chi connectivity index (χ1n) is 3.54. The maximum atomic E-state index is 5.27. The summed E-state index contributed by atoms with van der Waals surface area (Å²) in [6.07, 6.45) is 0. The molecular weight excluding hydrogens is 176 g/mol. The molecule has 0 heterocycles. The van der Waals surface area contributed by atoms with Crippen LogP contribution in [0.1, 0.15) is 0 Å². The monoisotopic (exact) mass is 193 g/mol. The van der Waals surface area contributed by atoms with Crippen molar-refractivity contribution in [1.29, 1.82) is 0 Å². The Morgan fingerprint density at radius 3 is 1.45 bits per heavy atom. The minimum Gasteiger partial charge on any atom is -0.377 e. The van der Waals surface area contributed by atoms with Crippen LogP contribution in [0.3, 0.4) is 0 Å². The van der Waals surface area contributed by atoms with Crippen LogP contribution in [-0.4, -0.2) is 38.9 Å². The summed E-state index contributed by atoms with van der Waals surface area (Å²) in [6, 6.07) is 0. The number of hydrogen-bond donors (Lipinski definition) is 0. The van der Waals surface area contributed by atoms with Gasteiger partial charge in [0.15, 0.2) is 0 Å². The maximum absolute atomic E-state index is 5.27. The lowest BCUT2D eigenvalue weighted by Gasteiger charge is -2.25. The molecule has 0 aromatic carbocycles. The molecule has 5 heteroatoms. The van der Waals surface area contributed by atoms with E-state index in [2.05, 4.69) is 13.1 Å². The van der Waals surface area contributed by atoms with Gasteiger partial charge in [0, 0.05) is 35.8 Å². The van der Waals surface area contributed by atoms with Crippen LogP contribution in [0.2, 0.25) is 18.8 Å². The van der Waals surface area contributed by atoms with E-state index in [9.17, 15) is 0 Å². The largest absolute Gasteiger partial charge is 0.497 e. The van der Waals surface area contributed by atoms with Crippen LogP contribution < -0.4 is 0 Å². The van der Waals surface area contributed by atoms with Gasteiger partial charge in [-0.1, -0.05) is 13.1 Å². The van der Waals surface area contributed by atoms with Crippen molar-refractivity contribution in [3.8, 4) is 0 Å². The summed E-state index contributed by atoms with van der Waals surface area (Å²) in [5, 5.41) is 0. The van der Waals surface area contributed by atoms with E-state index >= 15 is 0 Å². The first-order valence-corrected chi connectivity index (χ1v) is 8.18. The lowest BCUT2D eigenvalue weighted by molar-refractivity contribution is 0.129. The molecule has 3 nitrogen and oxygen atoms in total. The number of rotatable bonds is 5. The lowest BCUT2D eigenvalue weighted by atomic mass is 11.8. The van der Waals surface area contributed by atoms with Crippen molar-refractivity contribution in [2.45, 2.75) is 18.8 Å². The third-order valence-corrected chi connectivity index (χ3v) is 7.93. The Morgan fingerprint density at radius 1 is 1.00 bits per heavy atom. The van der Waals surface area contributed by atoms with Gasteiger partial charge in [-0.2, -0.15) is 0 Å². The zero-order valence-electron chi connectivity index (χ0n) is 7.93. The van der Waals surface area contributed by atoms with Crippen molar-refractivity contribution in [3.05, 3.63) is 0 Å². The third-order valence-electron chi connectivity index (χ3n) is 1.50. The van der Waals surface area contributed by atoms with E-state index < -0.39 is 8.80 Å². The zero-order chi connectivity index (χ0) is 8.91. The Kier molecular flexibility index (Phi) is 5.19. The molecule has 67 valence electrons. The fourth-order valence-electron chi connectivity index (χ4n) is 0.900. The molecule has 0 amide bonds. The maximum Gasteiger partial charge on any atom is 0.497 e. The van der Waals surface area contributed by atoms with E-state index in [1.54, 1.807) is 21.3 Å². The molecule has 0 spiro atoms. The second kappa shape index (κ2) is 5.05. The van der Waals surface area contributed by atoms with E-state index in [0.717, 1.165) is 5.67 Å². The van der Waals surface area contributed by atoms with Gasteiger partial charge in [-0.15, -0.1) is 0 Å². The van der Waals surface area contributed by atoms with Crippen LogP contribution in [0.4, 0.5) is 0 Å². The average molecular weight is 193 g/mol. The van der Waals surface area contributed by atoms with Gasteiger partial charge >= 0.3 is 8.80 Å². The highest BCUT2D eigenvalue weighted by Crippen LogP contribution is 2.13. The van der Waals surface area contributed by atoms with Gasteiger partial charge < -0.3 is 13.3 Å². The summed E-state index contributed by atoms with van der Waals surface area (Å²) in [5.74, 6) is 0. The van der Waals surface area contributed by atoms with Crippen molar-refractivity contribution in [2.75, 3.05) is 21.3 Å². The summed E-state index contributed by atoms with van der Waals surface area (Å²) in [6.45, 7) is 4.45. The fourth-order valence-corrected chi connectivity index (χ4v) is 6.60. The Hall–Kier alpha value is 0.314. The Morgan fingerprint density at radius 2 is 1.36 bits per heavy atom. The predicted molar refractivity (Wildman–Crippen MR) is 49.1 cm³/mol. The van der Waals surface area contributed by atoms with Gasteiger partial charge in [0.25, 0.3) is 0 Å². The van der Waals surface area contributed by atoms with Gasteiger partial charge in [0.2, 0.25) is 0 Å². The van der Waals surface area contributed by atoms with E-state index in [4.69, 9.17) is 13.3 Å². The molecule has 0 aliphatic carbocycles. The molecule has 0 aromatic heterocycles. The standard InChI is InChI=1S/C6H17O3Si2/c1-7-11(8-2,9-3)6-10(4)5/h6H2,1-5H3. The lowest BCUT2D eigenvalue weighted by Crippen LogP contribution is -2.45. The molecule has 11 heavy (non-hydrogen) atoms. The highest BCUT2D eigenvalue weighted by atomic mass is 28.4. The normalized spacial score (nSPS) is 12.5. The van der Waals surface area contributed by atoms with Crippen LogP contribution in [0.15, 0.2) is 0 Å². The molecule has 0 bridgehead atoms. The topological polar surface area (TPSA) is 27.7 Å². The van der Waals surface area contributed by atoms with E-state index in [0.29, 0.717) is 0 Å². The van der Waals surface area contributed by atoms with Gasteiger partial charge in [0.05, 0.1) is 0 Å². The van der Waals surface area contributed by atoms with Gasteiger partial charge in [-0.3, -0.25) is 0 Å². The summed E-state index contributed by atoms with van der Waals surface area (Å²) in [5.41, 5.74) is 0.973. The van der Waals surface area contributed by atoms with Crippen LogP contribution in [0.5, 0.6) is 0 Å². The van der Waals surface area contributed by atoms with E-state index in [-0.39, 0.29) is 8.80 Å². The molecule has 0 atom stereocenters. The first-order chi connectivity index (χ1) is 5.10.